The van der Waals surface area contributed by atoms with Crippen molar-refractivity contribution in [3.63, 3.8) is 0 Å². The number of hydrogen-bond donors (Lipinski definition) is 2. The Bertz CT molecular complexity index is 1190. The zero-order valence-electron chi connectivity index (χ0n) is 17.3. The van der Waals surface area contributed by atoms with Crippen molar-refractivity contribution in [3.8, 4) is 11.5 Å². The molecule has 0 heterocycles. The molecule has 2 N–H and O–H groups in total. The number of anilines is 1. The summed E-state index contributed by atoms with van der Waals surface area (Å²) < 4.78 is 12.0. The molecule has 0 saturated carbocycles. The standard InChI is InChI=1S/C23H18BrCl2N3O4/c1-32-21-10-14(2-9-20(21)33-13-15-3-6-17(25)11-19(15)26)12-27-29-23(31)22(30)28-18-7-4-16(24)5-8-18/h2-12H,13H2,1H3,(H,28,30)(H,29,31)/b27-12+. The summed E-state index contributed by atoms with van der Waals surface area (Å²) >= 11 is 15.4. The molecule has 3 rings (SSSR count). The molecular weight excluding hydrogens is 533 g/mol. The minimum Gasteiger partial charge on any atom is -0.493 e. The number of nitrogens with one attached hydrogen (secondary N) is 2. The maximum absolute atomic E-state index is 12.0. The van der Waals surface area contributed by atoms with E-state index in [4.69, 9.17) is 32.7 Å². The first-order valence-electron chi connectivity index (χ1n) is 9.50. The second-order valence-corrected chi connectivity index (χ2v) is 8.35. The first kappa shape index (κ1) is 24.6. The zero-order chi connectivity index (χ0) is 23.8. The second-order valence-electron chi connectivity index (χ2n) is 6.59. The van der Waals surface area contributed by atoms with Crippen molar-refractivity contribution in [2.75, 3.05) is 12.4 Å². The number of carbonyl (C=O) groups is 2. The highest BCUT2D eigenvalue weighted by molar-refractivity contribution is 9.10. The molecule has 170 valence electrons. The van der Waals surface area contributed by atoms with Gasteiger partial charge in [0.2, 0.25) is 0 Å². The predicted molar refractivity (Wildman–Crippen MR) is 132 cm³/mol. The van der Waals surface area contributed by atoms with Gasteiger partial charge >= 0.3 is 11.8 Å². The van der Waals surface area contributed by atoms with Gasteiger partial charge in [-0.25, -0.2) is 5.43 Å². The van der Waals surface area contributed by atoms with Gasteiger partial charge in [-0.05, 0) is 60.2 Å². The summed E-state index contributed by atoms with van der Waals surface area (Å²) in [6, 6.07) is 17.1. The van der Waals surface area contributed by atoms with Crippen molar-refractivity contribution < 1.29 is 19.1 Å². The molecule has 0 unspecified atom stereocenters. The van der Waals surface area contributed by atoms with Gasteiger partial charge in [-0.1, -0.05) is 45.2 Å². The maximum Gasteiger partial charge on any atom is 0.329 e. The van der Waals surface area contributed by atoms with Gasteiger partial charge in [-0.15, -0.1) is 0 Å². The van der Waals surface area contributed by atoms with Crippen LogP contribution in [0.1, 0.15) is 11.1 Å². The Hall–Kier alpha value is -3.07. The molecule has 0 aliphatic heterocycles. The number of hydrazone groups is 1. The van der Waals surface area contributed by atoms with E-state index in [0.717, 1.165) is 10.0 Å². The minimum atomic E-state index is -0.902. The Morgan fingerprint density at radius 1 is 1.00 bits per heavy atom. The lowest BCUT2D eigenvalue weighted by Gasteiger charge is -2.12. The van der Waals surface area contributed by atoms with Gasteiger partial charge < -0.3 is 14.8 Å². The average molecular weight is 551 g/mol. The van der Waals surface area contributed by atoms with Crippen molar-refractivity contribution in [2.45, 2.75) is 6.61 Å². The number of ether oxygens (including phenoxy) is 2. The third-order valence-electron chi connectivity index (χ3n) is 4.27. The quantitative estimate of drug-likeness (QED) is 0.233. The molecule has 7 nitrogen and oxygen atoms in total. The van der Waals surface area contributed by atoms with Crippen LogP contribution >= 0.6 is 39.1 Å². The van der Waals surface area contributed by atoms with Gasteiger partial charge in [0.15, 0.2) is 11.5 Å². The molecule has 33 heavy (non-hydrogen) atoms. The topological polar surface area (TPSA) is 89.0 Å². The Balaban J connectivity index is 1.57. The number of methoxy groups -OCH3 is 1. The number of hydrogen-bond acceptors (Lipinski definition) is 5. The number of benzene rings is 3. The highest BCUT2D eigenvalue weighted by Crippen LogP contribution is 2.29. The Kier molecular flexibility index (Phi) is 8.71. The first-order chi connectivity index (χ1) is 15.9. The van der Waals surface area contributed by atoms with E-state index in [1.807, 2.05) is 0 Å². The van der Waals surface area contributed by atoms with Crippen LogP contribution in [0.5, 0.6) is 11.5 Å². The van der Waals surface area contributed by atoms with Gasteiger partial charge in [0.25, 0.3) is 0 Å². The summed E-state index contributed by atoms with van der Waals surface area (Å²) in [5.41, 5.74) is 4.07. The number of amides is 2. The molecule has 3 aromatic rings. The first-order valence-corrected chi connectivity index (χ1v) is 11.1. The fourth-order valence-corrected chi connectivity index (χ4v) is 3.34. The molecule has 0 bridgehead atoms. The molecule has 0 aliphatic carbocycles. The number of nitrogens with zero attached hydrogens (tertiary/aromatic N) is 1. The van der Waals surface area contributed by atoms with Crippen LogP contribution in [-0.4, -0.2) is 25.1 Å². The van der Waals surface area contributed by atoms with E-state index in [1.165, 1.54) is 13.3 Å². The molecule has 0 fully saturated rings. The fourth-order valence-electron chi connectivity index (χ4n) is 2.62. The van der Waals surface area contributed by atoms with Crippen LogP contribution in [0.4, 0.5) is 5.69 Å². The number of carbonyl (C=O) groups excluding carboxylic acids is 2. The third kappa shape index (κ3) is 7.21. The molecule has 2 amide bonds. The van der Waals surface area contributed by atoms with Crippen molar-refractivity contribution in [3.05, 3.63) is 86.3 Å². The summed E-state index contributed by atoms with van der Waals surface area (Å²) in [6.07, 6.45) is 1.38. The van der Waals surface area contributed by atoms with E-state index >= 15 is 0 Å². The van der Waals surface area contributed by atoms with E-state index < -0.39 is 11.8 Å². The van der Waals surface area contributed by atoms with E-state index in [0.29, 0.717) is 32.8 Å². The smallest absolute Gasteiger partial charge is 0.329 e. The predicted octanol–water partition coefficient (Wildman–Crippen LogP) is 5.43. The minimum absolute atomic E-state index is 0.226. The van der Waals surface area contributed by atoms with E-state index in [2.05, 4.69) is 31.8 Å². The van der Waals surface area contributed by atoms with Crippen LogP contribution in [-0.2, 0) is 16.2 Å². The van der Waals surface area contributed by atoms with Crippen LogP contribution in [0.3, 0.4) is 0 Å². The van der Waals surface area contributed by atoms with Crippen LogP contribution in [0.25, 0.3) is 0 Å². The van der Waals surface area contributed by atoms with E-state index in [9.17, 15) is 9.59 Å². The second kappa shape index (κ2) is 11.7. The van der Waals surface area contributed by atoms with Gasteiger partial charge in [0.05, 0.1) is 13.3 Å². The summed E-state index contributed by atoms with van der Waals surface area (Å²) in [5, 5.41) is 7.35. The highest BCUT2D eigenvalue weighted by atomic mass is 79.9. The molecule has 10 heteroatoms. The monoisotopic (exact) mass is 549 g/mol. The Morgan fingerprint density at radius 3 is 2.45 bits per heavy atom. The summed E-state index contributed by atoms with van der Waals surface area (Å²) in [5.74, 6) is -0.778. The molecule has 0 atom stereocenters. The van der Waals surface area contributed by atoms with Gasteiger partial charge in [-0.3, -0.25) is 9.59 Å². The molecule has 0 spiro atoms. The number of rotatable bonds is 7. The SMILES string of the molecule is COc1cc(/C=N/NC(=O)C(=O)Nc2ccc(Br)cc2)ccc1OCc1ccc(Cl)cc1Cl. The zero-order valence-corrected chi connectivity index (χ0v) is 20.4. The Labute approximate surface area is 208 Å². The van der Waals surface area contributed by atoms with E-state index in [1.54, 1.807) is 60.7 Å². The van der Waals surface area contributed by atoms with Crippen molar-refractivity contribution in [1.29, 1.82) is 0 Å². The maximum atomic E-state index is 12.0. The van der Waals surface area contributed by atoms with Crippen molar-refractivity contribution >= 4 is 62.8 Å². The number of halogens is 3. The fraction of sp³-hybridized carbons (Fsp3) is 0.0870. The van der Waals surface area contributed by atoms with Crippen LogP contribution < -0.4 is 20.2 Å². The molecule has 0 saturated heterocycles. The highest BCUT2D eigenvalue weighted by Gasteiger charge is 2.13. The van der Waals surface area contributed by atoms with Gasteiger partial charge in [-0.2, -0.15) is 5.10 Å². The molecule has 0 aromatic heterocycles. The van der Waals surface area contributed by atoms with E-state index in [-0.39, 0.29) is 6.61 Å². The molecule has 3 aromatic carbocycles. The lowest BCUT2D eigenvalue weighted by Crippen LogP contribution is -2.32. The summed E-state index contributed by atoms with van der Waals surface area (Å²) in [6.45, 7) is 0.226. The normalized spacial score (nSPS) is 10.7. The van der Waals surface area contributed by atoms with Crippen LogP contribution in [0.2, 0.25) is 10.0 Å². The summed E-state index contributed by atoms with van der Waals surface area (Å²) in [7, 11) is 1.51. The lowest BCUT2D eigenvalue weighted by molar-refractivity contribution is -0.136. The molecule has 0 aliphatic rings. The Morgan fingerprint density at radius 2 is 1.76 bits per heavy atom. The summed E-state index contributed by atoms with van der Waals surface area (Å²) in [4.78, 5) is 23.9. The van der Waals surface area contributed by atoms with Crippen molar-refractivity contribution in [1.82, 2.24) is 5.43 Å². The van der Waals surface area contributed by atoms with Gasteiger partial charge in [0, 0.05) is 25.8 Å². The lowest BCUT2D eigenvalue weighted by atomic mass is 10.2. The van der Waals surface area contributed by atoms with Crippen LogP contribution in [0, 0.1) is 0 Å². The molecule has 0 radical (unpaired) electrons. The average Bonchev–Trinajstić information content (AvgIpc) is 2.80. The van der Waals surface area contributed by atoms with Crippen molar-refractivity contribution in [2.24, 2.45) is 5.10 Å². The van der Waals surface area contributed by atoms with Gasteiger partial charge in [0.1, 0.15) is 6.61 Å². The largest absolute Gasteiger partial charge is 0.493 e. The molecular formula is C23H18BrCl2N3O4. The third-order valence-corrected chi connectivity index (χ3v) is 5.39. The van der Waals surface area contributed by atoms with Crippen LogP contribution in [0.15, 0.2) is 70.2 Å².